The van der Waals surface area contributed by atoms with Crippen molar-refractivity contribution in [3.05, 3.63) is 53.1 Å². The van der Waals surface area contributed by atoms with Crippen LogP contribution in [0.1, 0.15) is 21.5 Å². The molecule has 0 fully saturated rings. The molecular formula is C20H22O6. The molecule has 26 heavy (non-hydrogen) atoms. The Kier molecular flexibility index (Phi) is 6.60. The minimum absolute atomic E-state index is 0.271. The zero-order valence-electron chi connectivity index (χ0n) is 15.3. The van der Waals surface area contributed by atoms with Gasteiger partial charge >= 0.3 is 5.97 Å². The van der Waals surface area contributed by atoms with Crippen molar-refractivity contribution < 1.29 is 28.5 Å². The van der Waals surface area contributed by atoms with Crippen molar-refractivity contribution in [3.63, 3.8) is 0 Å². The van der Waals surface area contributed by atoms with E-state index in [1.54, 1.807) is 24.3 Å². The molecule has 0 saturated carbocycles. The van der Waals surface area contributed by atoms with Crippen molar-refractivity contribution in [2.24, 2.45) is 0 Å². The molecule has 0 radical (unpaired) electrons. The molecule has 2 aromatic carbocycles. The lowest BCUT2D eigenvalue weighted by Crippen LogP contribution is -2.20. The molecule has 0 aliphatic carbocycles. The summed E-state index contributed by atoms with van der Waals surface area (Å²) in [5.74, 6) is 0.502. The first-order valence-corrected chi connectivity index (χ1v) is 8.06. The van der Waals surface area contributed by atoms with Gasteiger partial charge in [-0.25, -0.2) is 4.79 Å². The van der Waals surface area contributed by atoms with Crippen LogP contribution in [0.5, 0.6) is 17.2 Å². The van der Waals surface area contributed by atoms with E-state index in [2.05, 4.69) is 0 Å². The second kappa shape index (κ2) is 8.89. The normalized spacial score (nSPS) is 10.2. The molecule has 0 unspecified atom stereocenters. The van der Waals surface area contributed by atoms with Gasteiger partial charge in [-0.05, 0) is 49.2 Å². The number of carbonyl (C=O) groups excluding carboxylic acids is 2. The quantitative estimate of drug-likeness (QED) is 0.533. The van der Waals surface area contributed by atoms with Gasteiger partial charge in [0.15, 0.2) is 13.2 Å². The highest BCUT2D eigenvalue weighted by molar-refractivity contribution is 6.00. The number of carbonyl (C=O) groups is 2. The average Bonchev–Trinajstić information content (AvgIpc) is 2.66. The Morgan fingerprint density at radius 3 is 2.38 bits per heavy atom. The Morgan fingerprint density at radius 1 is 0.923 bits per heavy atom. The number of benzene rings is 2. The van der Waals surface area contributed by atoms with Gasteiger partial charge in [-0.15, -0.1) is 0 Å². The number of esters is 1. The van der Waals surface area contributed by atoms with Crippen molar-refractivity contribution in [2.75, 3.05) is 27.4 Å². The molecular weight excluding hydrogens is 336 g/mol. The summed E-state index contributed by atoms with van der Waals surface area (Å²) >= 11 is 0. The maximum atomic E-state index is 12.3. The number of Topliss-reactive ketones (excluding diaryl/α,β-unsaturated/α-hetero) is 1. The molecule has 0 aliphatic rings. The highest BCUT2D eigenvalue weighted by atomic mass is 16.6. The zero-order chi connectivity index (χ0) is 19.1. The number of aryl methyl sites for hydroxylation is 1. The van der Waals surface area contributed by atoms with E-state index in [1.807, 2.05) is 26.0 Å². The largest absolute Gasteiger partial charge is 0.497 e. The summed E-state index contributed by atoms with van der Waals surface area (Å²) in [5.41, 5.74) is 2.31. The maximum absolute atomic E-state index is 12.3. The lowest BCUT2D eigenvalue weighted by atomic mass is 10.1. The number of hydrogen-bond donors (Lipinski definition) is 0. The minimum atomic E-state index is -0.624. The summed E-state index contributed by atoms with van der Waals surface area (Å²) in [4.78, 5) is 24.2. The third-order valence-corrected chi connectivity index (χ3v) is 3.97. The van der Waals surface area contributed by atoms with Crippen LogP contribution < -0.4 is 14.2 Å². The van der Waals surface area contributed by atoms with E-state index in [9.17, 15) is 9.59 Å². The van der Waals surface area contributed by atoms with Crippen molar-refractivity contribution in [3.8, 4) is 17.2 Å². The molecule has 0 saturated heterocycles. The van der Waals surface area contributed by atoms with Crippen molar-refractivity contribution in [1.82, 2.24) is 0 Å². The molecule has 0 bridgehead atoms. The molecule has 0 spiro atoms. The van der Waals surface area contributed by atoms with Crippen LogP contribution >= 0.6 is 0 Å². The molecule has 6 nitrogen and oxygen atoms in total. The lowest BCUT2D eigenvalue weighted by Gasteiger charge is -2.11. The predicted octanol–water partition coefficient (Wildman–Crippen LogP) is 3.13. The minimum Gasteiger partial charge on any atom is -0.497 e. The Hall–Kier alpha value is -3.02. The van der Waals surface area contributed by atoms with Crippen LogP contribution in [0.4, 0.5) is 0 Å². The molecule has 138 valence electrons. The first-order valence-electron chi connectivity index (χ1n) is 8.06. The van der Waals surface area contributed by atoms with Gasteiger partial charge in [-0.3, -0.25) is 4.79 Å². The number of hydrogen-bond acceptors (Lipinski definition) is 6. The van der Waals surface area contributed by atoms with Crippen molar-refractivity contribution in [2.45, 2.75) is 13.8 Å². The van der Waals surface area contributed by atoms with Gasteiger partial charge in [0.1, 0.15) is 17.2 Å². The monoisotopic (exact) mass is 358 g/mol. The number of methoxy groups -OCH3 is 2. The maximum Gasteiger partial charge on any atom is 0.344 e. The third-order valence-electron chi connectivity index (χ3n) is 3.97. The van der Waals surface area contributed by atoms with Gasteiger partial charge < -0.3 is 18.9 Å². The molecule has 0 atom stereocenters. The van der Waals surface area contributed by atoms with E-state index in [0.29, 0.717) is 17.2 Å². The van der Waals surface area contributed by atoms with Crippen LogP contribution in [0.15, 0.2) is 36.4 Å². The van der Waals surface area contributed by atoms with Gasteiger partial charge in [-0.2, -0.15) is 0 Å². The fourth-order valence-electron chi connectivity index (χ4n) is 2.31. The molecule has 0 aromatic heterocycles. The smallest absolute Gasteiger partial charge is 0.344 e. The molecule has 6 heteroatoms. The van der Waals surface area contributed by atoms with E-state index < -0.39 is 12.6 Å². The number of ether oxygens (including phenoxy) is 4. The first kappa shape index (κ1) is 19.3. The Bertz CT molecular complexity index is 797. The van der Waals surface area contributed by atoms with Crippen LogP contribution in [-0.2, 0) is 9.53 Å². The lowest BCUT2D eigenvalue weighted by molar-refractivity contribution is -0.144. The Morgan fingerprint density at radius 2 is 1.69 bits per heavy atom. The van der Waals surface area contributed by atoms with Gasteiger partial charge in [0.2, 0.25) is 5.78 Å². The molecule has 0 aliphatic heterocycles. The number of rotatable bonds is 8. The van der Waals surface area contributed by atoms with Gasteiger partial charge in [0.05, 0.1) is 19.8 Å². The Balaban J connectivity index is 1.93. The molecule has 0 heterocycles. The van der Waals surface area contributed by atoms with E-state index in [4.69, 9.17) is 18.9 Å². The van der Waals surface area contributed by atoms with Crippen molar-refractivity contribution >= 4 is 11.8 Å². The Labute approximate surface area is 152 Å². The zero-order valence-corrected chi connectivity index (χ0v) is 15.3. The molecule has 2 rings (SSSR count). The van der Waals surface area contributed by atoms with Crippen LogP contribution in [0.25, 0.3) is 0 Å². The summed E-state index contributed by atoms with van der Waals surface area (Å²) in [7, 11) is 2.96. The summed E-state index contributed by atoms with van der Waals surface area (Å²) in [5, 5.41) is 0. The highest BCUT2D eigenvalue weighted by Crippen LogP contribution is 2.24. The fourth-order valence-corrected chi connectivity index (χ4v) is 2.31. The van der Waals surface area contributed by atoms with Crippen LogP contribution in [0.2, 0.25) is 0 Å². The average molecular weight is 358 g/mol. The summed E-state index contributed by atoms with van der Waals surface area (Å²) in [6.45, 7) is 3.20. The van der Waals surface area contributed by atoms with Gasteiger partial charge in [0, 0.05) is 0 Å². The van der Waals surface area contributed by atoms with E-state index in [1.165, 1.54) is 14.2 Å². The van der Waals surface area contributed by atoms with Crippen LogP contribution in [0, 0.1) is 13.8 Å². The fraction of sp³-hybridized carbons (Fsp3) is 0.300. The SMILES string of the molecule is COc1ccc(OC)c(C(=O)COC(=O)COc2cccc(C)c2C)c1. The molecule has 0 N–H and O–H groups in total. The molecule has 0 amide bonds. The topological polar surface area (TPSA) is 71.1 Å². The predicted molar refractivity (Wildman–Crippen MR) is 96.2 cm³/mol. The highest BCUT2D eigenvalue weighted by Gasteiger charge is 2.16. The van der Waals surface area contributed by atoms with E-state index in [-0.39, 0.29) is 18.0 Å². The molecule has 2 aromatic rings. The van der Waals surface area contributed by atoms with Gasteiger partial charge in [-0.1, -0.05) is 12.1 Å². The number of ketones is 1. The van der Waals surface area contributed by atoms with Crippen LogP contribution in [0.3, 0.4) is 0 Å². The summed E-state index contributed by atoms with van der Waals surface area (Å²) in [6.07, 6.45) is 0. The van der Waals surface area contributed by atoms with Crippen molar-refractivity contribution in [1.29, 1.82) is 0 Å². The second-order valence-electron chi connectivity index (χ2n) is 5.64. The third kappa shape index (κ3) is 4.75. The van der Waals surface area contributed by atoms with E-state index in [0.717, 1.165) is 11.1 Å². The van der Waals surface area contributed by atoms with Crippen LogP contribution in [-0.4, -0.2) is 39.2 Å². The standard InChI is InChI=1S/C20H22O6/c1-13-6-5-7-18(14(13)2)25-12-20(22)26-11-17(21)16-10-15(23-3)8-9-19(16)24-4/h5-10H,11-12H2,1-4H3. The first-order chi connectivity index (χ1) is 12.5. The second-order valence-corrected chi connectivity index (χ2v) is 5.64. The summed E-state index contributed by atoms with van der Waals surface area (Å²) < 4.78 is 20.7. The summed E-state index contributed by atoms with van der Waals surface area (Å²) in [6, 6.07) is 10.4. The van der Waals surface area contributed by atoms with Gasteiger partial charge in [0.25, 0.3) is 0 Å². The van der Waals surface area contributed by atoms with E-state index >= 15 is 0 Å².